The summed E-state index contributed by atoms with van der Waals surface area (Å²) in [5, 5.41) is 36.1. The zero-order chi connectivity index (χ0) is 38.9. The van der Waals surface area contributed by atoms with E-state index in [0.29, 0.717) is 39.0 Å². The molecule has 0 heterocycles. The summed E-state index contributed by atoms with van der Waals surface area (Å²) in [4.78, 5) is 17.0. The van der Waals surface area contributed by atoms with E-state index in [1.807, 2.05) is 18.2 Å². The van der Waals surface area contributed by atoms with Crippen LogP contribution in [-0.4, -0.2) is 70.1 Å². The first-order valence-corrected chi connectivity index (χ1v) is 22.7. The van der Waals surface area contributed by atoms with Gasteiger partial charge in [-0.05, 0) is 155 Å². The number of ketones is 1. The number of nitrogens with zero attached hydrogens (tertiary/aromatic N) is 1. The number of fused-ring (bicyclic) bond motifs is 8. The van der Waals surface area contributed by atoms with Crippen LogP contribution in [0.2, 0.25) is 0 Å². The Bertz CT molecular complexity index is 1650. The SMILES string of the molecule is CC1=CCC[C@@]2(C)[C@@H](CC[C@@]2(O)CN(C[C@@H](O)COCc2ccccc2)CC23CC4CC(CC(C4)C2)C3)c2ccc(cc2C(=O)C2CCCCC2)C[C@@H](O)CC1. The second kappa shape index (κ2) is 17.1. The molecule has 8 aliphatic carbocycles. The van der Waals surface area contributed by atoms with Gasteiger partial charge < -0.3 is 20.1 Å². The highest BCUT2D eigenvalue weighted by atomic mass is 16.5. The van der Waals surface area contributed by atoms with E-state index in [9.17, 15) is 20.1 Å². The molecule has 56 heavy (non-hydrogen) atoms. The van der Waals surface area contributed by atoms with E-state index < -0.39 is 23.2 Å². The van der Waals surface area contributed by atoms with Gasteiger partial charge in [0, 0.05) is 36.5 Å². The lowest BCUT2D eigenvalue weighted by Gasteiger charge is -2.58. The molecule has 0 spiro atoms. The van der Waals surface area contributed by atoms with Crippen LogP contribution in [0.3, 0.4) is 0 Å². The van der Waals surface area contributed by atoms with Gasteiger partial charge in [-0.25, -0.2) is 0 Å². The standard InChI is InChI=1S/C50H71NO5/c1-35-10-9-20-48(2)46(44-18-16-37(25-42(52)17-15-35)26-45(44)47(54)41-13-7-4-8-14-41)19-21-50(48,55)34-51(30-43(53)32-56-31-36-11-5-3-6-12-36)33-49-27-38-22-39(28-49)24-40(23-38)29-49/h3,5-6,10-12,16,18,26,38-43,46,52-53,55H,4,7-9,13-15,17,19-25,27-34H2,1-2H3/t38?,39?,40?,42-,43+,46-,48-,49?,50+/m0/s1. The highest BCUT2D eigenvalue weighted by Gasteiger charge is 2.58. The Morgan fingerprint density at radius 1 is 0.911 bits per heavy atom. The molecule has 0 saturated heterocycles. The maximum atomic E-state index is 14.6. The van der Waals surface area contributed by atoms with E-state index in [-0.39, 0.29) is 29.6 Å². The molecule has 0 aliphatic heterocycles. The summed E-state index contributed by atoms with van der Waals surface area (Å²) < 4.78 is 6.10. The fourth-order valence-electron chi connectivity index (χ4n) is 13.5. The number of carbonyl (C=O) groups excluding carboxylic acids is 1. The van der Waals surface area contributed by atoms with Crippen molar-refractivity contribution >= 4 is 5.78 Å². The number of ether oxygens (including phenoxy) is 1. The number of aliphatic hydroxyl groups excluding tert-OH is 2. The van der Waals surface area contributed by atoms with Crippen molar-refractivity contribution < 1.29 is 24.9 Å². The van der Waals surface area contributed by atoms with Crippen molar-refractivity contribution in [2.45, 2.75) is 160 Å². The zero-order valence-corrected chi connectivity index (χ0v) is 34.6. The van der Waals surface area contributed by atoms with Gasteiger partial charge in [-0.15, -0.1) is 0 Å². The van der Waals surface area contributed by atoms with Gasteiger partial charge in [0.25, 0.3) is 0 Å². The van der Waals surface area contributed by atoms with Gasteiger partial charge in [0.05, 0.1) is 31.0 Å². The highest BCUT2D eigenvalue weighted by Crippen LogP contribution is 2.62. The second-order valence-corrected chi connectivity index (χ2v) is 20.4. The van der Waals surface area contributed by atoms with Gasteiger partial charge in [-0.2, -0.15) is 0 Å². The van der Waals surface area contributed by atoms with E-state index in [4.69, 9.17) is 4.74 Å². The molecule has 5 atom stereocenters. The van der Waals surface area contributed by atoms with Crippen LogP contribution in [0.5, 0.6) is 0 Å². The number of benzene rings is 2. The number of carbonyl (C=O) groups is 1. The molecule has 8 aliphatic rings. The fraction of sp³-hybridized carbons (Fsp3) is 0.700. The third-order valence-corrected chi connectivity index (χ3v) is 16.0. The summed E-state index contributed by atoms with van der Waals surface area (Å²) >= 11 is 0. The molecule has 6 heteroatoms. The molecule has 0 radical (unpaired) electrons. The van der Waals surface area contributed by atoms with Gasteiger partial charge in [-0.1, -0.05) is 80.3 Å². The van der Waals surface area contributed by atoms with Crippen LogP contribution in [0, 0.1) is 34.5 Å². The number of aliphatic hydroxyl groups is 3. The van der Waals surface area contributed by atoms with E-state index >= 15 is 0 Å². The first-order valence-electron chi connectivity index (χ1n) is 22.7. The third kappa shape index (κ3) is 8.81. The van der Waals surface area contributed by atoms with Crippen molar-refractivity contribution in [3.8, 4) is 0 Å². The molecule has 6 saturated carbocycles. The molecular formula is C50H71NO5. The van der Waals surface area contributed by atoms with E-state index in [0.717, 1.165) is 97.9 Å². The Balaban J connectivity index is 1.10. The average Bonchev–Trinajstić information content (AvgIpc) is 3.42. The fourth-order valence-corrected chi connectivity index (χ4v) is 13.5. The number of hydrogen-bond acceptors (Lipinski definition) is 6. The quantitative estimate of drug-likeness (QED) is 0.147. The predicted octanol–water partition coefficient (Wildman–Crippen LogP) is 9.58. The molecule has 6 bridgehead atoms. The van der Waals surface area contributed by atoms with Crippen LogP contribution < -0.4 is 0 Å². The summed E-state index contributed by atoms with van der Waals surface area (Å²) in [6.45, 7) is 7.19. The van der Waals surface area contributed by atoms with E-state index in [1.165, 1.54) is 50.5 Å². The smallest absolute Gasteiger partial charge is 0.166 e. The molecule has 0 aromatic heterocycles. The average molecular weight is 766 g/mol. The Labute approximate surface area is 337 Å². The van der Waals surface area contributed by atoms with Crippen LogP contribution >= 0.6 is 0 Å². The number of Topliss-reactive ketones (excluding diaryl/α,β-unsaturated/α-hetero) is 1. The number of hydrogen-bond donors (Lipinski definition) is 3. The molecule has 6 nitrogen and oxygen atoms in total. The molecule has 6 fully saturated rings. The van der Waals surface area contributed by atoms with Crippen molar-refractivity contribution in [2.24, 2.45) is 34.5 Å². The van der Waals surface area contributed by atoms with E-state index in [1.54, 1.807) is 0 Å². The van der Waals surface area contributed by atoms with Crippen molar-refractivity contribution in [3.63, 3.8) is 0 Å². The summed E-state index contributed by atoms with van der Waals surface area (Å²) in [5.41, 5.74) is 4.19. The zero-order valence-electron chi connectivity index (χ0n) is 34.6. The van der Waals surface area contributed by atoms with Crippen LogP contribution in [0.4, 0.5) is 0 Å². The normalized spacial score (nSPS) is 35.3. The molecular weight excluding hydrogens is 695 g/mol. The Morgan fingerprint density at radius 2 is 1.62 bits per heavy atom. The van der Waals surface area contributed by atoms with Crippen molar-refractivity contribution in [2.75, 3.05) is 26.2 Å². The predicted molar refractivity (Wildman–Crippen MR) is 223 cm³/mol. The molecule has 306 valence electrons. The molecule has 2 aromatic rings. The molecule has 2 aromatic carbocycles. The summed E-state index contributed by atoms with van der Waals surface area (Å²) in [6.07, 6.45) is 19.9. The Hall–Kier alpha value is -2.35. The number of allylic oxidation sites excluding steroid dienone is 2. The minimum Gasteiger partial charge on any atom is -0.393 e. The maximum absolute atomic E-state index is 14.6. The van der Waals surface area contributed by atoms with Crippen molar-refractivity contribution in [3.05, 3.63) is 82.4 Å². The first kappa shape index (κ1) is 40.4. The maximum Gasteiger partial charge on any atom is 0.166 e. The molecule has 10 rings (SSSR count). The Kier molecular flexibility index (Phi) is 12.3. The molecule has 3 N–H and O–H groups in total. The van der Waals surface area contributed by atoms with Crippen LogP contribution in [0.15, 0.2) is 60.2 Å². The van der Waals surface area contributed by atoms with Gasteiger partial charge in [0.1, 0.15) is 0 Å². The summed E-state index contributed by atoms with van der Waals surface area (Å²) in [5.74, 6) is 2.86. The summed E-state index contributed by atoms with van der Waals surface area (Å²) in [6, 6.07) is 16.7. The monoisotopic (exact) mass is 766 g/mol. The lowest BCUT2D eigenvalue weighted by molar-refractivity contribution is -0.115. The first-order chi connectivity index (χ1) is 27.0. The minimum absolute atomic E-state index is 0.0335. The molecule has 0 unspecified atom stereocenters. The lowest BCUT2D eigenvalue weighted by Crippen LogP contribution is -2.57. The number of rotatable bonds is 12. The van der Waals surface area contributed by atoms with E-state index in [2.05, 4.69) is 55.2 Å². The second-order valence-electron chi connectivity index (χ2n) is 20.4. The Morgan fingerprint density at radius 3 is 2.34 bits per heavy atom. The lowest BCUT2D eigenvalue weighted by atomic mass is 9.49. The van der Waals surface area contributed by atoms with Crippen molar-refractivity contribution in [1.29, 1.82) is 0 Å². The third-order valence-electron chi connectivity index (χ3n) is 16.0. The van der Waals surface area contributed by atoms with Gasteiger partial charge in [0.15, 0.2) is 5.78 Å². The van der Waals surface area contributed by atoms with Crippen LogP contribution in [0.1, 0.15) is 156 Å². The summed E-state index contributed by atoms with van der Waals surface area (Å²) in [7, 11) is 0. The van der Waals surface area contributed by atoms with Gasteiger partial charge in [0.2, 0.25) is 0 Å². The van der Waals surface area contributed by atoms with Crippen LogP contribution in [0.25, 0.3) is 0 Å². The molecule has 0 amide bonds. The largest absolute Gasteiger partial charge is 0.393 e. The highest BCUT2D eigenvalue weighted by molar-refractivity contribution is 5.99. The van der Waals surface area contributed by atoms with Crippen molar-refractivity contribution in [1.82, 2.24) is 4.90 Å². The van der Waals surface area contributed by atoms with Gasteiger partial charge in [-0.3, -0.25) is 9.69 Å². The minimum atomic E-state index is -0.997. The van der Waals surface area contributed by atoms with Gasteiger partial charge >= 0.3 is 0 Å². The van der Waals surface area contributed by atoms with Crippen LogP contribution in [-0.2, 0) is 17.8 Å². The topological polar surface area (TPSA) is 90.2 Å².